The number of benzene rings is 1. The lowest BCUT2D eigenvalue weighted by molar-refractivity contribution is -0.127. The minimum atomic E-state index is -0.545. The number of carbonyl (C=O) groups is 1. The zero-order chi connectivity index (χ0) is 14.4. The highest BCUT2D eigenvalue weighted by atomic mass is 79.9. The molecule has 0 saturated carbocycles. The molecule has 2 aromatic rings. The smallest absolute Gasteiger partial charge is 0.260 e. The van der Waals surface area contributed by atoms with E-state index in [0.717, 1.165) is 4.47 Å². The molecule has 20 heavy (non-hydrogen) atoms. The lowest BCUT2D eigenvalue weighted by Crippen LogP contribution is -2.37. The van der Waals surface area contributed by atoms with E-state index >= 15 is 0 Å². The first-order valence-corrected chi connectivity index (χ1v) is 7.11. The summed E-state index contributed by atoms with van der Waals surface area (Å²) in [4.78, 5) is 15.9. The number of nitrogens with one attached hydrogen (secondary N) is 1. The largest absolute Gasteiger partial charge is 0.480 e. The van der Waals surface area contributed by atoms with Crippen molar-refractivity contribution in [2.45, 2.75) is 19.6 Å². The summed E-state index contributed by atoms with van der Waals surface area (Å²) < 4.78 is 8.35. The molecular weight excluding hydrogens is 322 g/mol. The van der Waals surface area contributed by atoms with Gasteiger partial charge in [0.2, 0.25) is 0 Å². The molecule has 1 amide bonds. The first-order chi connectivity index (χ1) is 9.66. The van der Waals surface area contributed by atoms with Crippen LogP contribution in [0.1, 0.15) is 6.92 Å². The summed E-state index contributed by atoms with van der Waals surface area (Å²) in [6, 6.07) is 7.45. The van der Waals surface area contributed by atoms with Crippen molar-refractivity contribution in [1.29, 1.82) is 0 Å². The summed E-state index contributed by atoms with van der Waals surface area (Å²) >= 11 is 3.39. The second kappa shape index (κ2) is 7.09. The Hall–Kier alpha value is -1.82. The van der Waals surface area contributed by atoms with Crippen LogP contribution in [0.2, 0.25) is 0 Å². The van der Waals surface area contributed by atoms with Crippen LogP contribution in [0.15, 0.2) is 47.5 Å². The number of imidazole rings is 1. The Labute approximate surface area is 126 Å². The monoisotopic (exact) mass is 337 g/mol. The number of carbonyl (C=O) groups excluding carboxylic acids is 1. The number of hydrogen-bond donors (Lipinski definition) is 1. The van der Waals surface area contributed by atoms with Crippen LogP contribution >= 0.6 is 15.9 Å². The maximum absolute atomic E-state index is 11.9. The minimum Gasteiger partial charge on any atom is -0.480 e. The number of aromatic nitrogens is 2. The quantitative estimate of drug-likeness (QED) is 0.879. The van der Waals surface area contributed by atoms with E-state index in [4.69, 9.17) is 4.74 Å². The van der Waals surface area contributed by atoms with Crippen LogP contribution in [0.5, 0.6) is 5.75 Å². The highest BCUT2D eigenvalue weighted by Gasteiger charge is 2.15. The number of nitrogens with zero attached hydrogens (tertiary/aromatic N) is 2. The van der Waals surface area contributed by atoms with Gasteiger partial charge in [0.15, 0.2) is 6.10 Å². The molecule has 0 fully saturated rings. The van der Waals surface area contributed by atoms with E-state index in [9.17, 15) is 4.79 Å². The highest BCUT2D eigenvalue weighted by molar-refractivity contribution is 9.10. The fourth-order valence-corrected chi connectivity index (χ4v) is 2.03. The van der Waals surface area contributed by atoms with Crippen molar-refractivity contribution >= 4 is 21.8 Å². The van der Waals surface area contributed by atoms with E-state index in [1.807, 2.05) is 35.0 Å². The van der Waals surface area contributed by atoms with Crippen molar-refractivity contribution in [2.24, 2.45) is 0 Å². The van der Waals surface area contributed by atoms with Crippen LogP contribution in [0, 0.1) is 0 Å². The van der Waals surface area contributed by atoms with Gasteiger partial charge in [-0.2, -0.15) is 0 Å². The number of para-hydroxylation sites is 1. The highest BCUT2D eigenvalue weighted by Crippen LogP contribution is 2.24. The molecule has 0 saturated heterocycles. The minimum absolute atomic E-state index is 0.138. The number of ether oxygens (including phenoxy) is 1. The van der Waals surface area contributed by atoms with Gasteiger partial charge in [0.05, 0.1) is 10.8 Å². The molecule has 0 aliphatic rings. The third-order valence-electron chi connectivity index (χ3n) is 2.74. The average molecular weight is 338 g/mol. The Morgan fingerprint density at radius 3 is 3.00 bits per heavy atom. The molecule has 1 heterocycles. The molecule has 2 rings (SSSR count). The summed E-state index contributed by atoms with van der Waals surface area (Å²) in [6.07, 6.45) is 4.73. The number of hydrogen-bond acceptors (Lipinski definition) is 3. The zero-order valence-corrected chi connectivity index (χ0v) is 12.7. The predicted octanol–water partition coefficient (Wildman–Crippen LogP) is 2.23. The van der Waals surface area contributed by atoms with Crippen molar-refractivity contribution in [2.75, 3.05) is 6.54 Å². The molecule has 1 N–H and O–H groups in total. The van der Waals surface area contributed by atoms with Crippen LogP contribution < -0.4 is 10.1 Å². The molecule has 6 heteroatoms. The van der Waals surface area contributed by atoms with Crippen LogP contribution in [0.25, 0.3) is 0 Å². The molecule has 106 valence electrons. The molecule has 1 aromatic heterocycles. The van der Waals surface area contributed by atoms with Crippen molar-refractivity contribution in [3.05, 3.63) is 47.5 Å². The maximum atomic E-state index is 11.9. The second-order valence-corrected chi connectivity index (χ2v) is 5.14. The molecule has 5 nitrogen and oxygen atoms in total. The van der Waals surface area contributed by atoms with Gasteiger partial charge in [0.1, 0.15) is 5.75 Å². The average Bonchev–Trinajstić information content (AvgIpc) is 2.94. The van der Waals surface area contributed by atoms with Gasteiger partial charge in [-0.25, -0.2) is 4.98 Å². The number of amides is 1. The Kier molecular flexibility index (Phi) is 5.17. The molecule has 0 radical (unpaired) electrons. The molecule has 1 atom stereocenters. The Bertz CT molecular complexity index is 557. The fourth-order valence-electron chi connectivity index (χ4n) is 1.66. The SMILES string of the molecule is C[C@@H](Oc1ccccc1Br)C(=O)NCCn1ccnc1. The topological polar surface area (TPSA) is 56.1 Å². The van der Waals surface area contributed by atoms with E-state index in [2.05, 4.69) is 26.2 Å². The van der Waals surface area contributed by atoms with Crippen LogP contribution in [-0.4, -0.2) is 28.1 Å². The second-order valence-electron chi connectivity index (χ2n) is 4.28. The predicted molar refractivity (Wildman–Crippen MR) is 79.5 cm³/mol. The van der Waals surface area contributed by atoms with E-state index in [1.54, 1.807) is 19.4 Å². The number of rotatable bonds is 6. The third-order valence-corrected chi connectivity index (χ3v) is 3.39. The summed E-state index contributed by atoms with van der Waals surface area (Å²) in [7, 11) is 0. The van der Waals surface area contributed by atoms with Crippen LogP contribution in [0.4, 0.5) is 0 Å². The molecule has 0 aliphatic carbocycles. The third kappa shape index (κ3) is 4.09. The first kappa shape index (κ1) is 14.6. The van der Waals surface area contributed by atoms with Crippen molar-refractivity contribution < 1.29 is 9.53 Å². The van der Waals surface area contributed by atoms with Gasteiger partial charge in [-0.1, -0.05) is 12.1 Å². The van der Waals surface area contributed by atoms with Gasteiger partial charge in [0, 0.05) is 25.5 Å². The van der Waals surface area contributed by atoms with Crippen molar-refractivity contribution in [1.82, 2.24) is 14.9 Å². The molecule has 0 unspecified atom stereocenters. The van der Waals surface area contributed by atoms with E-state index in [1.165, 1.54) is 0 Å². The standard InChI is InChI=1S/C14H16BrN3O2/c1-11(20-13-5-3-2-4-12(13)15)14(19)17-7-9-18-8-6-16-10-18/h2-6,8,10-11H,7,9H2,1H3,(H,17,19)/t11-/m1/s1. The zero-order valence-electron chi connectivity index (χ0n) is 11.1. The van der Waals surface area contributed by atoms with Crippen molar-refractivity contribution in [3.63, 3.8) is 0 Å². The fraction of sp³-hybridized carbons (Fsp3) is 0.286. The van der Waals surface area contributed by atoms with E-state index < -0.39 is 6.10 Å². The van der Waals surface area contributed by atoms with Gasteiger partial charge in [-0.15, -0.1) is 0 Å². The van der Waals surface area contributed by atoms with Gasteiger partial charge < -0.3 is 14.6 Å². The number of halogens is 1. The lowest BCUT2D eigenvalue weighted by Gasteiger charge is -2.15. The van der Waals surface area contributed by atoms with E-state index in [0.29, 0.717) is 18.8 Å². The summed E-state index contributed by atoms with van der Waals surface area (Å²) in [5.41, 5.74) is 0. The van der Waals surface area contributed by atoms with Gasteiger partial charge in [-0.05, 0) is 35.0 Å². The molecular formula is C14H16BrN3O2. The van der Waals surface area contributed by atoms with Gasteiger partial charge in [-0.3, -0.25) is 4.79 Å². The summed E-state index contributed by atoms with van der Waals surface area (Å²) in [5.74, 6) is 0.519. The Morgan fingerprint density at radius 2 is 2.30 bits per heavy atom. The summed E-state index contributed by atoms with van der Waals surface area (Å²) in [6.45, 7) is 2.96. The maximum Gasteiger partial charge on any atom is 0.260 e. The first-order valence-electron chi connectivity index (χ1n) is 6.31. The van der Waals surface area contributed by atoms with Crippen molar-refractivity contribution in [3.8, 4) is 5.75 Å². The van der Waals surface area contributed by atoms with Gasteiger partial charge >= 0.3 is 0 Å². The van der Waals surface area contributed by atoms with Crippen LogP contribution in [0.3, 0.4) is 0 Å². The molecule has 1 aromatic carbocycles. The Morgan fingerprint density at radius 1 is 1.50 bits per heavy atom. The summed E-state index contributed by atoms with van der Waals surface area (Å²) in [5, 5.41) is 2.83. The molecule has 0 spiro atoms. The van der Waals surface area contributed by atoms with E-state index in [-0.39, 0.29) is 5.91 Å². The Balaban J connectivity index is 1.79. The van der Waals surface area contributed by atoms with Gasteiger partial charge in [0.25, 0.3) is 5.91 Å². The molecule has 0 bridgehead atoms. The normalized spacial score (nSPS) is 11.9. The lowest BCUT2D eigenvalue weighted by atomic mass is 10.3. The molecule has 0 aliphatic heterocycles. The van der Waals surface area contributed by atoms with Crippen LogP contribution in [-0.2, 0) is 11.3 Å².